The SMILES string of the molecule is CCNS(=O)(=O)c1cccc([N+]#N)c1. The molecule has 74 valence electrons. The Balaban J connectivity index is 3.15. The number of hydrogen-bond acceptors (Lipinski definition) is 3. The van der Waals surface area contributed by atoms with Crippen LogP contribution >= 0.6 is 0 Å². The fraction of sp³-hybridized carbons (Fsp3) is 0.250. The van der Waals surface area contributed by atoms with Crippen LogP contribution in [0.3, 0.4) is 0 Å². The molecule has 0 aromatic heterocycles. The molecule has 0 saturated carbocycles. The summed E-state index contributed by atoms with van der Waals surface area (Å²) in [6.07, 6.45) is 0. The summed E-state index contributed by atoms with van der Waals surface area (Å²) in [5.41, 5.74) is 0.212. The molecule has 1 N–H and O–H groups in total. The van der Waals surface area contributed by atoms with E-state index in [1.807, 2.05) is 0 Å². The predicted octanol–water partition coefficient (Wildman–Crippen LogP) is 1.47. The zero-order valence-electron chi connectivity index (χ0n) is 7.64. The second-order valence-electron chi connectivity index (χ2n) is 2.60. The van der Waals surface area contributed by atoms with Crippen molar-refractivity contribution in [3.8, 4) is 0 Å². The molecule has 5 nitrogen and oxygen atoms in total. The number of benzene rings is 1. The molecule has 0 heterocycles. The first-order valence-corrected chi connectivity index (χ1v) is 5.53. The summed E-state index contributed by atoms with van der Waals surface area (Å²) in [7, 11) is -3.46. The summed E-state index contributed by atoms with van der Waals surface area (Å²) in [6, 6.07) is 5.74. The van der Waals surface area contributed by atoms with Gasteiger partial charge in [-0.05, 0) is 6.07 Å². The summed E-state index contributed by atoms with van der Waals surface area (Å²) in [6.45, 7) is 2.01. The van der Waals surface area contributed by atoms with E-state index in [1.165, 1.54) is 24.3 Å². The van der Waals surface area contributed by atoms with Crippen LogP contribution in [0.5, 0.6) is 0 Å². The van der Waals surface area contributed by atoms with Gasteiger partial charge in [0.25, 0.3) is 0 Å². The van der Waals surface area contributed by atoms with Crippen LogP contribution in [0.15, 0.2) is 29.2 Å². The molecule has 0 saturated heterocycles. The first-order valence-electron chi connectivity index (χ1n) is 4.05. The Kier molecular flexibility index (Phi) is 3.17. The van der Waals surface area contributed by atoms with Crippen LogP contribution in [0.4, 0.5) is 5.69 Å². The Morgan fingerprint density at radius 1 is 1.50 bits per heavy atom. The molecule has 0 aliphatic rings. The van der Waals surface area contributed by atoms with Gasteiger partial charge in [-0.1, -0.05) is 13.0 Å². The van der Waals surface area contributed by atoms with Crippen LogP contribution in [0.25, 0.3) is 4.98 Å². The zero-order chi connectivity index (χ0) is 10.6. The van der Waals surface area contributed by atoms with Gasteiger partial charge in [0.15, 0.2) is 4.98 Å². The van der Waals surface area contributed by atoms with Crippen molar-refractivity contribution in [3.63, 3.8) is 0 Å². The highest BCUT2D eigenvalue weighted by Crippen LogP contribution is 2.17. The maximum atomic E-state index is 11.5. The first-order chi connectivity index (χ1) is 6.60. The Labute approximate surface area is 82.4 Å². The van der Waals surface area contributed by atoms with Crippen molar-refractivity contribution in [1.29, 1.82) is 5.39 Å². The predicted molar refractivity (Wildman–Crippen MR) is 52.0 cm³/mol. The monoisotopic (exact) mass is 212 g/mol. The third-order valence-corrected chi connectivity index (χ3v) is 3.12. The first kappa shape index (κ1) is 10.6. The third kappa shape index (κ3) is 2.28. The molecule has 0 atom stereocenters. The Hall–Kier alpha value is -1.45. The van der Waals surface area contributed by atoms with Crippen molar-refractivity contribution in [2.24, 2.45) is 0 Å². The topological polar surface area (TPSA) is 74.3 Å². The van der Waals surface area contributed by atoms with Crippen LogP contribution in [-0.2, 0) is 10.0 Å². The third-order valence-electron chi connectivity index (χ3n) is 1.58. The average Bonchev–Trinajstić information content (AvgIpc) is 2.18. The zero-order valence-corrected chi connectivity index (χ0v) is 8.45. The number of hydrogen-bond donors (Lipinski definition) is 1. The Morgan fingerprint density at radius 3 is 2.79 bits per heavy atom. The highest BCUT2D eigenvalue weighted by Gasteiger charge is 2.15. The van der Waals surface area contributed by atoms with E-state index < -0.39 is 10.0 Å². The highest BCUT2D eigenvalue weighted by molar-refractivity contribution is 7.89. The summed E-state index contributed by atoms with van der Waals surface area (Å²) >= 11 is 0. The quantitative estimate of drug-likeness (QED) is 0.771. The van der Waals surface area contributed by atoms with Crippen molar-refractivity contribution in [2.75, 3.05) is 6.54 Å². The fourth-order valence-electron chi connectivity index (χ4n) is 0.986. The van der Waals surface area contributed by atoms with Crippen LogP contribution < -0.4 is 4.72 Å². The largest absolute Gasteiger partial charge is 0.386 e. The summed E-state index contributed by atoms with van der Waals surface area (Å²) in [4.78, 5) is 3.00. The molecule has 0 bridgehead atoms. The van der Waals surface area contributed by atoms with Crippen LogP contribution in [0.2, 0.25) is 0 Å². The van der Waals surface area contributed by atoms with Gasteiger partial charge in [-0.3, -0.25) is 0 Å². The van der Waals surface area contributed by atoms with Gasteiger partial charge in [0, 0.05) is 12.6 Å². The molecule has 6 heteroatoms. The Morgan fingerprint density at radius 2 is 2.21 bits per heavy atom. The van der Waals surface area contributed by atoms with E-state index in [0.717, 1.165) is 0 Å². The Bertz CT molecular complexity index is 462. The lowest BCUT2D eigenvalue weighted by molar-refractivity contribution is 0.584. The van der Waals surface area contributed by atoms with Crippen molar-refractivity contribution < 1.29 is 8.42 Å². The molecule has 0 aliphatic carbocycles. The van der Waals surface area contributed by atoms with E-state index in [2.05, 4.69) is 9.70 Å². The molecule has 0 fully saturated rings. The van der Waals surface area contributed by atoms with E-state index in [9.17, 15) is 8.42 Å². The van der Waals surface area contributed by atoms with Gasteiger partial charge in [0.1, 0.15) is 0 Å². The second kappa shape index (κ2) is 4.17. The fourth-order valence-corrected chi connectivity index (χ4v) is 2.07. The minimum atomic E-state index is -3.46. The van der Waals surface area contributed by atoms with E-state index in [-0.39, 0.29) is 10.6 Å². The molecule has 1 aromatic carbocycles. The number of rotatable bonds is 3. The van der Waals surface area contributed by atoms with Crippen LogP contribution in [0.1, 0.15) is 6.92 Å². The summed E-state index contributed by atoms with van der Waals surface area (Å²) in [5, 5.41) is 8.47. The van der Waals surface area contributed by atoms with Gasteiger partial charge in [0.2, 0.25) is 15.4 Å². The van der Waals surface area contributed by atoms with Gasteiger partial charge in [-0.15, -0.1) is 0 Å². The van der Waals surface area contributed by atoms with Gasteiger partial charge < -0.3 is 0 Å². The number of sulfonamides is 1. The molecule has 0 radical (unpaired) electrons. The molecular formula is C8H10N3O2S+. The minimum absolute atomic E-state index is 0.0923. The van der Waals surface area contributed by atoms with Crippen LogP contribution in [-0.4, -0.2) is 15.0 Å². The average molecular weight is 212 g/mol. The molecular weight excluding hydrogens is 202 g/mol. The van der Waals surface area contributed by atoms with Gasteiger partial charge >= 0.3 is 5.69 Å². The van der Waals surface area contributed by atoms with E-state index in [0.29, 0.717) is 6.54 Å². The summed E-state index contributed by atoms with van der Waals surface area (Å²) < 4.78 is 25.3. The van der Waals surface area contributed by atoms with Gasteiger partial charge in [-0.25, -0.2) is 13.1 Å². The number of diazo groups is 1. The molecule has 0 spiro atoms. The summed E-state index contributed by atoms with van der Waals surface area (Å²) in [5.74, 6) is 0. The maximum absolute atomic E-state index is 11.5. The lowest BCUT2D eigenvalue weighted by atomic mass is 10.3. The van der Waals surface area contributed by atoms with E-state index in [1.54, 1.807) is 6.92 Å². The molecule has 1 rings (SSSR count). The van der Waals surface area contributed by atoms with Crippen molar-refractivity contribution in [3.05, 3.63) is 29.2 Å². The van der Waals surface area contributed by atoms with E-state index >= 15 is 0 Å². The van der Waals surface area contributed by atoms with Crippen molar-refractivity contribution in [2.45, 2.75) is 11.8 Å². The second-order valence-corrected chi connectivity index (χ2v) is 4.37. The maximum Gasteiger partial charge on any atom is 0.386 e. The molecule has 0 amide bonds. The molecule has 0 aliphatic heterocycles. The number of nitrogens with one attached hydrogen (secondary N) is 1. The standard InChI is InChI=1S/C8H10N3O2S/c1-2-10-14(12,13)8-5-3-4-7(6-8)11-9/h3-6,10H,2H2,1H3/q+1. The smallest absolute Gasteiger partial charge is 0.211 e. The van der Waals surface area contributed by atoms with Gasteiger partial charge in [-0.2, -0.15) is 0 Å². The van der Waals surface area contributed by atoms with Crippen molar-refractivity contribution in [1.82, 2.24) is 4.72 Å². The van der Waals surface area contributed by atoms with E-state index in [4.69, 9.17) is 5.39 Å². The normalized spacial score (nSPS) is 10.9. The lowest BCUT2D eigenvalue weighted by Gasteiger charge is -2.01. The molecule has 0 unspecified atom stereocenters. The molecule has 14 heavy (non-hydrogen) atoms. The van der Waals surface area contributed by atoms with Gasteiger partial charge in [0.05, 0.1) is 11.0 Å². The number of nitrogens with zero attached hydrogens (tertiary/aromatic N) is 2. The minimum Gasteiger partial charge on any atom is -0.211 e. The lowest BCUT2D eigenvalue weighted by Crippen LogP contribution is -2.22. The molecule has 1 aromatic rings. The highest BCUT2D eigenvalue weighted by atomic mass is 32.2. The van der Waals surface area contributed by atoms with Crippen LogP contribution in [0, 0.1) is 5.39 Å². The van der Waals surface area contributed by atoms with Crippen molar-refractivity contribution >= 4 is 15.7 Å².